The molecule has 1 heterocycles. The van der Waals surface area contributed by atoms with Crippen molar-refractivity contribution in [1.82, 2.24) is 5.32 Å². The lowest BCUT2D eigenvalue weighted by Gasteiger charge is -2.59. The summed E-state index contributed by atoms with van der Waals surface area (Å²) in [6.45, 7) is 4.19. The molecule has 30 heavy (non-hydrogen) atoms. The highest BCUT2D eigenvalue weighted by Gasteiger charge is 2.53. The highest BCUT2D eigenvalue weighted by molar-refractivity contribution is 6.31. The zero-order valence-corrected chi connectivity index (χ0v) is 18.5. The van der Waals surface area contributed by atoms with Crippen LogP contribution < -0.4 is 5.32 Å². The Kier molecular flexibility index (Phi) is 5.05. The van der Waals surface area contributed by atoms with Gasteiger partial charge in [-0.05, 0) is 105 Å². The van der Waals surface area contributed by atoms with Gasteiger partial charge < -0.3 is 9.73 Å². The van der Waals surface area contributed by atoms with Crippen molar-refractivity contribution in [3.8, 4) is 11.3 Å². The minimum Gasteiger partial charge on any atom is -0.457 e. The third-order valence-electron chi connectivity index (χ3n) is 7.85. The van der Waals surface area contributed by atoms with Crippen LogP contribution in [-0.4, -0.2) is 11.9 Å². The minimum atomic E-state index is -0.0328. The summed E-state index contributed by atoms with van der Waals surface area (Å²) < 4.78 is 5.89. The van der Waals surface area contributed by atoms with Gasteiger partial charge in [0.15, 0.2) is 0 Å². The van der Waals surface area contributed by atoms with Gasteiger partial charge >= 0.3 is 0 Å². The second kappa shape index (κ2) is 7.60. The number of carbonyl (C=O) groups is 1. The van der Waals surface area contributed by atoms with Crippen molar-refractivity contribution in [3.05, 3.63) is 52.8 Å². The van der Waals surface area contributed by atoms with E-state index in [1.807, 2.05) is 37.3 Å². The first-order valence-electron chi connectivity index (χ1n) is 11.3. The van der Waals surface area contributed by atoms with Crippen molar-refractivity contribution in [2.24, 2.45) is 23.2 Å². The Morgan fingerprint density at radius 2 is 1.80 bits per heavy atom. The van der Waals surface area contributed by atoms with Crippen molar-refractivity contribution in [1.29, 1.82) is 0 Å². The van der Waals surface area contributed by atoms with Crippen molar-refractivity contribution >= 4 is 23.6 Å². The van der Waals surface area contributed by atoms with Crippen LogP contribution in [0.3, 0.4) is 0 Å². The summed E-state index contributed by atoms with van der Waals surface area (Å²) in [4.78, 5) is 12.6. The molecule has 0 aliphatic heterocycles. The third-order valence-corrected chi connectivity index (χ3v) is 8.25. The van der Waals surface area contributed by atoms with E-state index < -0.39 is 0 Å². The molecule has 6 rings (SSSR count). The third kappa shape index (κ3) is 3.73. The van der Waals surface area contributed by atoms with Crippen molar-refractivity contribution < 1.29 is 9.21 Å². The number of benzene rings is 1. The van der Waals surface area contributed by atoms with Gasteiger partial charge in [-0.2, -0.15) is 0 Å². The molecule has 1 aromatic heterocycles. The Hall–Kier alpha value is -2.00. The first-order chi connectivity index (χ1) is 14.4. The van der Waals surface area contributed by atoms with Gasteiger partial charge in [-0.15, -0.1) is 0 Å². The normalized spacial score (nSPS) is 30.7. The van der Waals surface area contributed by atoms with Crippen LogP contribution in [0.15, 0.2) is 40.8 Å². The molecule has 1 N–H and O–H groups in total. The van der Waals surface area contributed by atoms with Gasteiger partial charge in [-0.25, -0.2) is 0 Å². The van der Waals surface area contributed by atoms with Gasteiger partial charge in [0.1, 0.15) is 11.5 Å². The Labute approximate surface area is 183 Å². The number of hydrogen-bond acceptors (Lipinski definition) is 2. The van der Waals surface area contributed by atoms with Crippen LogP contribution in [0.4, 0.5) is 0 Å². The van der Waals surface area contributed by atoms with Crippen LogP contribution in [0.2, 0.25) is 5.02 Å². The maximum Gasteiger partial charge on any atom is 0.244 e. The van der Waals surface area contributed by atoms with E-state index in [0.29, 0.717) is 11.2 Å². The van der Waals surface area contributed by atoms with Crippen LogP contribution in [0.1, 0.15) is 56.8 Å². The summed E-state index contributed by atoms with van der Waals surface area (Å²) in [5, 5.41) is 4.00. The highest BCUT2D eigenvalue weighted by Crippen LogP contribution is 2.61. The lowest BCUT2D eigenvalue weighted by Crippen LogP contribution is -2.55. The van der Waals surface area contributed by atoms with Crippen molar-refractivity contribution in [2.75, 3.05) is 0 Å². The lowest BCUT2D eigenvalue weighted by atomic mass is 9.48. The van der Waals surface area contributed by atoms with Crippen LogP contribution in [-0.2, 0) is 4.79 Å². The summed E-state index contributed by atoms with van der Waals surface area (Å²) in [6.07, 6.45) is 11.5. The van der Waals surface area contributed by atoms with E-state index >= 15 is 0 Å². The molecule has 0 spiro atoms. The molecule has 1 amide bonds. The van der Waals surface area contributed by atoms with Gasteiger partial charge in [-0.3, -0.25) is 4.79 Å². The molecule has 4 fully saturated rings. The molecule has 4 aliphatic carbocycles. The molecule has 4 heteroatoms. The smallest absolute Gasteiger partial charge is 0.244 e. The maximum absolute atomic E-state index is 12.6. The number of amides is 1. The molecule has 4 bridgehead atoms. The van der Waals surface area contributed by atoms with E-state index in [-0.39, 0.29) is 11.9 Å². The van der Waals surface area contributed by atoms with Gasteiger partial charge in [0.05, 0.1) is 0 Å². The molecular formula is C26H30ClNO2. The summed E-state index contributed by atoms with van der Waals surface area (Å²) in [5.41, 5.74) is 2.29. The maximum atomic E-state index is 12.6. The van der Waals surface area contributed by atoms with Gasteiger partial charge in [0.25, 0.3) is 0 Å². The molecule has 4 aliphatic rings. The Morgan fingerprint density at radius 3 is 2.43 bits per heavy atom. The van der Waals surface area contributed by atoms with Crippen LogP contribution >= 0.6 is 11.6 Å². The predicted octanol–water partition coefficient (Wildman–Crippen LogP) is 6.64. The Balaban J connectivity index is 1.23. The summed E-state index contributed by atoms with van der Waals surface area (Å²) in [5.74, 6) is 4.06. The first-order valence-corrected chi connectivity index (χ1v) is 11.6. The molecule has 0 saturated heterocycles. The fourth-order valence-corrected chi connectivity index (χ4v) is 6.80. The fraction of sp³-hybridized carbons (Fsp3) is 0.500. The topological polar surface area (TPSA) is 42.2 Å². The molecule has 2 aromatic rings. The zero-order valence-electron chi connectivity index (χ0n) is 17.8. The molecule has 1 aromatic carbocycles. The Bertz CT molecular complexity index is 953. The van der Waals surface area contributed by atoms with Gasteiger partial charge in [-0.1, -0.05) is 23.7 Å². The molecule has 0 radical (unpaired) electrons. The molecule has 158 valence electrons. The van der Waals surface area contributed by atoms with E-state index in [2.05, 4.69) is 12.2 Å². The predicted molar refractivity (Wildman–Crippen MR) is 121 cm³/mol. The van der Waals surface area contributed by atoms with Crippen LogP contribution in [0, 0.1) is 30.1 Å². The van der Waals surface area contributed by atoms with E-state index in [1.54, 1.807) is 12.2 Å². The zero-order chi connectivity index (χ0) is 20.9. The number of nitrogens with one attached hydrogen (secondary N) is 1. The van der Waals surface area contributed by atoms with Gasteiger partial charge in [0, 0.05) is 22.7 Å². The monoisotopic (exact) mass is 423 g/mol. The van der Waals surface area contributed by atoms with Crippen molar-refractivity contribution in [3.63, 3.8) is 0 Å². The lowest BCUT2D eigenvalue weighted by molar-refractivity contribution is -0.121. The summed E-state index contributed by atoms with van der Waals surface area (Å²) in [7, 11) is 0. The average Bonchev–Trinajstić information content (AvgIpc) is 3.16. The number of carbonyl (C=O) groups excluding carboxylic acids is 1. The van der Waals surface area contributed by atoms with Crippen molar-refractivity contribution in [2.45, 2.75) is 58.4 Å². The summed E-state index contributed by atoms with van der Waals surface area (Å²) >= 11 is 6.23. The van der Waals surface area contributed by atoms with Gasteiger partial charge in [0.2, 0.25) is 5.91 Å². The molecule has 1 unspecified atom stereocenters. The fourth-order valence-electron chi connectivity index (χ4n) is 6.62. The van der Waals surface area contributed by atoms with E-state index in [1.165, 1.54) is 38.5 Å². The molecule has 1 atom stereocenters. The Morgan fingerprint density at radius 1 is 1.13 bits per heavy atom. The van der Waals surface area contributed by atoms with E-state index in [0.717, 1.165) is 39.7 Å². The summed E-state index contributed by atoms with van der Waals surface area (Å²) in [6, 6.07) is 9.90. The highest BCUT2D eigenvalue weighted by atomic mass is 35.5. The number of hydrogen-bond donors (Lipinski definition) is 1. The molecule has 3 nitrogen and oxygen atoms in total. The molecular weight excluding hydrogens is 394 g/mol. The van der Waals surface area contributed by atoms with Crippen LogP contribution in [0.25, 0.3) is 17.4 Å². The number of rotatable bonds is 5. The minimum absolute atomic E-state index is 0.0328. The second-order valence-corrected chi connectivity index (χ2v) is 10.4. The largest absolute Gasteiger partial charge is 0.457 e. The second-order valence-electron chi connectivity index (χ2n) is 10.0. The average molecular weight is 424 g/mol. The van der Waals surface area contributed by atoms with Crippen LogP contribution in [0.5, 0.6) is 0 Å². The standard InChI is InChI=1S/C26H30ClNO2/c1-16-3-4-21(12-23(16)27)24-7-5-22(30-24)6-8-25(29)28-17(2)26-13-18-9-19(14-26)11-20(10-18)15-26/h3-8,12,17-20H,9-11,13-15H2,1-2H3,(H,28,29). The number of aryl methyl sites for hydroxylation is 1. The number of halogens is 1. The number of furan rings is 1. The van der Waals surface area contributed by atoms with E-state index in [4.69, 9.17) is 16.0 Å². The van der Waals surface area contributed by atoms with E-state index in [9.17, 15) is 4.79 Å². The first kappa shape index (κ1) is 19.9. The quantitative estimate of drug-likeness (QED) is 0.547. The SMILES string of the molecule is Cc1ccc(-c2ccc(C=CC(=O)NC(C)C34CC5CC(CC(C5)C3)C4)o2)cc1Cl. The molecule has 4 saturated carbocycles.